The molecule has 0 saturated heterocycles. The van der Waals surface area contributed by atoms with Crippen LogP contribution in [0.25, 0.3) is 23.3 Å². The Hall–Kier alpha value is -3.05. The molecule has 0 atom stereocenters. The molecule has 0 bridgehead atoms. The van der Waals surface area contributed by atoms with Crippen molar-refractivity contribution in [3.63, 3.8) is 0 Å². The summed E-state index contributed by atoms with van der Waals surface area (Å²) in [5, 5.41) is 0. The fourth-order valence-corrected chi connectivity index (χ4v) is 4.57. The predicted octanol–water partition coefficient (Wildman–Crippen LogP) is 8.01. The number of hydrogen-bond acceptors (Lipinski definition) is 2. The van der Waals surface area contributed by atoms with Gasteiger partial charge in [-0.05, 0) is 72.9 Å². The third kappa shape index (κ3) is 5.36. The van der Waals surface area contributed by atoms with E-state index in [1.54, 1.807) is 56.5 Å². The highest BCUT2D eigenvalue weighted by atomic mass is 19.2. The normalized spacial score (nSPS) is 18.4. The van der Waals surface area contributed by atoms with E-state index in [1.807, 2.05) is 18.2 Å². The second kappa shape index (κ2) is 10.9. The first-order chi connectivity index (χ1) is 16.5. The third-order valence-corrected chi connectivity index (χ3v) is 6.51. The van der Waals surface area contributed by atoms with Crippen LogP contribution in [0.5, 0.6) is 5.75 Å². The number of halogens is 3. The molecular weight excluding hydrogens is 437 g/mol. The highest BCUT2D eigenvalue weighted by Gasteiger charge is 2.26. The first-order valence-electron chi connectivity index (χ1n) is 11.7. The maximum absolute atomic E-state index is 15.0. The molecule has 0 unspecified atom stereocenters. The Balaban J connectivity index is 1.48. The standard InChI is InChI=1S/C29H29F3O2/c1-3-34-27-17-8-20(18-26(27)30)5-4-19-6-9-21(10-7-19)24-15-16-25(29(32)28(24)31)22-11-13-23(33-2)14-12-22/h4-10,15-18,22-23H,3,11-14H2,1-2H3/b5-4+. The van der Waals surface area contributed by atoms with Crippen molar-refractivity contribution in [2.24, 2.45) is 0 Å². The second-order valence-electron chi connectivity index (χ2n) is 8.62. The van der Waals surface area contributed by atoms with Crippen molar-refractivity contribution in [1.82, 2.24) is 0 Å². The summed E-state index contributed by atoms with van der Waals surface area (Å²) in [7, 11) is 1.70. The van der Waals surface area contributed by atoms with Gasteiger partial charge in [0.15, 0.2) is 23.2 Å². The summed E-state index contributed by atoms with van der Waals surface area (Å²) in [4.78, 5) is 0. The van der Waals surface area contributed by atoms with Crippen LogP contribution in [0.3, 0.4) is 0 Å². The minimum atomic E-state index is -0.806. The topological polar surface area (TPSA) is 18.5 Å². The van der Waals surface area contributed by atoms with E-state index in [9.17, 15) is 13.2 Å². The van der Waals surface area contributed by atoms with Crippen molar-refractivity contribution in [2.45, 2.75) is 44.6 Å². The van der Waals surface area contributed by atoms with Gasteiger partial charge in [0.1, 0.15) is 0 Å². The fourth-order valence-electron chi connectivity index (χ4n) is 4.57. The van der Waals surface area contributed by atoms with E-state index < -0.39 is 17.5 Å². The molecule has 0 heterocycles. The molecule has 1 aliphatic rings. The third-order valence-electron chi connectivity index (χ3n) is 6.51. The van der Waals surface area contributed by atoms with Crippen LogP contribution in [0.1, 0.15) is 55.2 Å². The van der Waals surface area contributed by atoms with Gasteiger partial charge in [-0.1, -0.05) is 54.6 Å². The average molecular weight is 467 g/mol. The first kappa shape index (κ1) is 24.1. The summed E-state index contributed by atoms with van der Waals surface area (Å²) in [5.41, 5.74) is 2.88. The lowest BCUT2D eigenvalue weighted by Crippen LogP contribution is -2.20. The van der Waals surface area contributed by atoms with Gasteiger partial charge in [0.25, 0.3) is 0 Å². The highest BCUT2D eigenvalue weighted by molar-refractivity contribution is 5.72. The number of benzene rings is 3. The second-order valence-corrected chi connectivity index (χ2v) is 8.62. The van der Waals surface area contributed by atoms with E-state index >= 15 is 0 Å². The minimum absolute atomic E-state index is 0.0231. The Morgan fingerprint density at radius 2 is 1.50 bits per heavy atom. The number of hydrogen-bond donors (Lipinski definition) is 0. The molecule has 1 aliphatic carbocycles. The molecule has 4 rings (SSSR count). The van der Waals surface area contributed by atoms with Gasteiger partial charge in [-0.15, -0.1) is 0 Å². The lowest BCUT2D eigenvalue weighted by Gasteiger charge is -2.28. The van der Waals surface area contributed by atoms with Crippen LogP contribution >= 0.6 is 0 Å². The zero-order valence-corrected chi connectivity index (χ0v) is 19.5. The van der Waals surface area contributed by atoms with Crippen molar-refractivity contribution in [1.29, 1.82) is 0 Å². The molecule has 5 heteroatoms. The van der Waals surface area contributed by atoms with Crippen LogP contribution in [0.4, 0.5) is 13.2 Å². The predicted molar refractivity (Wildman–Crippen MR) is 130 cm³/mol. The lowest BCUT2D eigenvalue weighted by atomic mass is 9.82. The average Bonchev–Trinajstić information content (AvgIpc) is 2.86. The van der Waals surface area contributed by atoms with Gasteiger partial charge in [-0.3, -0.25) is 0 Å². The Kier molecular flexibility index (Phi) is 7.73. The van der Waals surface area contributed by atoms with E-state index in [4.69, 9.17) is 9.47 Å². The Bertz CT molecular complexity index is 1150. The summed E-state index contributed by atoms with van der Waals surface area (Å²) in [6.45, 7) is 2.21. The van der Waals surface area contributed by atoms with Crippen molar-refractivity contribution >= 4 is 12.2 Å². The molecule has 34 heavy (non-hydrogen) atoms. The molecule has 0 radical (unpaired) electrons. The van der Waals surface area contributed by atoms with Gasteiger partial charge in [-0.25, -0.2) is 13.2 Å². The van der Waals surface area contributed by atoms with Gasteiger partial charge in [0, 0.05) is 12.7 Å². The Morgan fingerprint density at radius 1 is 0.824 bits per heavy atom. The van der Waals surface area contributed by atoms with Gasteiger partial charge in [0.2, 0.25) is 0 Å². The summed E-state index contributed by atoms with van der Waals surface area (Å²) in [6.07, 6.45) is 7.17. The van der Waals surface area contributed by atoms with Crippen LogP contribution < -0.4 is 4.74 Å². The highest BCUT2D eigenvalue weighted by Crippen LogP contribution is 2.37. The first-order valence-corrected chi connectivity index (χ1v) is 11.7. The van der Waals surface area contributed by atoms with E-state index in [2.05, 4.69) is 0 Å². The van der Waals surface area contributed by atoms with E-state index in [0.29, 0.717) is 23.3 Å². The maximum Gasteiger partial charge on any atom is 0.166 e. The molecule has 0 amide bonds. The molecule has 1 fully saturated rings. The van der Waals surface area contributed by atoms with Crippen LogP contribution in [0, 0.1) is 17.5 Å². The Morgan fingerprint density at radius 3 is 2.15 bits per heavy atom. The maximum atomic E-state index is 15.0. The van der Waals surface area contributed by atoms with Crippen LogP contribution in [0.2, 0.25) is 0 Å². The summed E-state index contributed by atoms with van der Waals surface area (Å²) < 4.78 is 54.6. The summed E-state index contributed by atoms with van der Waals surface area (Å²) >= 11 is 0. The van der Waals surface area contributed by atoms with Gasteiger partial charge in [-0.2, -0.15) is 0 Å². The fraction of sp³-hybridized carbons (Fsp3) is 0.310. The number of methoxy groups -OCH3 is 1. The van der Waals surface area contributed by atoms with Gasteiger partial charge in [0.05, 0.1) is 12.7 Å². The minimum Gasteiger partial charge on any atom is -0.491 e. The zero-order valence-electron chi connectivity index (χ0n) is 19.5. The van der Waals surface area contributed by atoms with E-state index in [-0.39, 0.29) is 23.3 Å². The molecular formula is C29H29F3O2. The monoisotopic (exact) mass is 466 g/mol. The van der Waals surface area contributed by atoms with Crippen LogP contribution in [0.15, 0.2) is 54.6 Å². The van der Waals surface area contributed by atoms with Crippen molar-refractivity contribution in [2.75, 3.05) is 13.7 Å². The molecule has 2 nitrogen and oxygen atoms in total. The molecule has 0 N–H and O–H groups in total. The van der Waals surface area contributed by atoms with Crippen molar-refractivity contribution in [3.05, 3.63) is 88.7 Å². The van der Waals surface area contributed by atoms with Crippen LogP contribution in [-0.2, 0) is 4.74 Å². The summed E-state index contributed by atoms with van der Waals surface area (Å²) in [5.74, 6) is -1.71. The van der Waals surface area contributed by atoms with E-state index in [0.717, 1.165) is 31.2 Å². The van der Waals surface area contributed by atoms with Gasteiger partial charge >= 0.3 is 0 Å². The van der Waals surface area contributed by atoms with Gasteiger partial charge < -0.3 is 9.47 Å². The molecule has 0 aromatic heterocycles. The number of rotatable bonds is 7. The molecule has 3 aromatic rings. The SMILES string of the molecule is CCOc1ccc(/C=C/c2ccc(-c3ccc(C4CCC(OC)CC4)c(F)c3F)cc2)cc1F. The molecule has 3 aromatic carbocycles. The smallest absolute Gasteiger partial charge is 0.166 e. The van der Waals surface area contributed by atoms with Crippen molar-refractivity contribution in [3.8, 4) is 16.9 Å². The molecule has 0 spiro atoms. The van der Waals surface area contributed by atoms with Crippen LogP contribution in [-0.4, -0.2) is 19.8 Å². The molecule has 0 aliphatic heterocycles. The Labute approximate surface area is 199 Å². The lowest BCUT2D eigenvalue weighted by molar-refractivity contribution is 0.0655. The van der Waals surface area contributed by atoms with E-state index in [1.165, 1.54) is 6.07 Å². The quantitative estimate of drug-likeness (QED) is 0.328. The number of ether oxygens (including phenoxy) is 2. The largest absolute Gasteiger partial charge is 0.491 e. The zero-order chi connectivity index (χ0) is 24.1. The molecule has 178 valence electrons. The van der Waals surface area contributed by atoms with Crippen molar-refractivity contribution < 1.29 is 22.6 Å². The summed E-state index contributed by atoms with van der Waals surface area (Å²) in [6, 6.07) is 15.4. The molecule has 1 saturated carbocycles.